The Morgan fingerprint density at radius 2 is 2.00 bits per heavy atom. The molecule has 4 aromatic rings. The van der Waals surface area contributed by atoms with Crippen LogP contribution in [0.3, 0.4) is 0 Å². The molecule has 1 saturated carbocycles. The van der Waals surface area contributed by atoms with Crippen molar-refractivity contribution in [2.75, 3.05) is 13.2 Å². The van der Waals surface area contributed by atoms with Crippen molar-refractivity contribution in [3.8, 4) is 11.5 Å². The molecular weight excluding hydrogens is 431 g/mol. The number of nitrogens with zero attached hydrogens (tertiary/aromatic N) is 1. The molecule has 2 fully saturated rings. The van der Waals surface area contributed by atoms with Crippen LogP contribution in [-0.4, -0.2) is 33.9 Å². The van der Waals surface area contributed by atoms with Gasteiger partial charge < -0.3 is 14.7 Å². The highest BCUT2D eigenvalue weighted by atomic mass is 19.4. The van der Waals surface area contributed by atoms with Crippen LogP contribution in [-0.2, 0) is 16.3 Å². The van der Waals surface area contributed by atoms with Crippen molar-refractivity contribution in [1.29, 1.82) is 0 Å². The maximum atomic E-state index is 13.3. The highest BCUT2D eigenvalue weighted by molar-refractivity contribution is 6.10. The summed E-state index contributed by atoms with van der Waals surface area (Å²) >= 11 is 0. The molecule has 0 amide bonds. The summed E-state index contributed by atoms with van der Waals surface area (Å²) in [4.78, 5) is 23.7. The van der Waals surface area contributed by atoms with E-state index in [0.29, 0.717) is 17.4 Å². The van der Waals surface area contributed by atoms with E-state index in [2.05, 4.69) is 27.1 Å². The molecule has 0 spiro atoms. The minimum atomic E-state index is -4.60. The number of imidazole rings is 1. The molecule has 2 atom stereocenters. The number of hydrogen-bond acceptors (Lipinski definition) is 3. The fourth-order valence-corrected chi connectivity index (χ4v) is 5.08. The highest BCUT2D eigenvalue weighted by Gasteiger charge is 2.56. The molecule has 2 aromatic carbocycles. The summed E-state index contributed by atoms with van der Waals surface area (Å²) in [5, 5.41) is 0. The number of benzene rings is 2. The van der Waals surface area contributed by atoms with Crippen LogP contribution in [0.2, 0.25) is 0 Å². The number of fused-ring (bicyclic) bond motifs is 2. The van der Waals surface area contributed by atoms with Crippen LogP contribution in [0, 0.1) is 5.92 Å². The second-order valence-electron chi connectivity index (χ2n) is 8.87. The molecule has 1 aliphatic carbocycles. The molecule has 2 N–H and O–H groups in total. The molecule has 8 heteroatoms. The molecule has 168 valence electrons. The summed E-state index contributed by atoms with van der Waals surface area (Å²) in [6, 6.07) is 12.6. The average molecular weight is 451 g/mol. The van der Waals surface area contributed by atoms with Crippen molar-refractivity contribution in [3.05, 3.63) is 77.0 Å². The standard InChI is InChI=1S/C25H20F3N3O2/c26-25(27,28)18-4-2-1-3-17(18)22(32)14-9-21(29-12-14)23-30-19-6-5-15(10-20(19)31-23)24-7-8-33-13-16(24)11-24/h1-6,9-10,12,16,29H,7-8,11,13H2,(H,30,31)/t16-,24-/m0/s1. The lowest BCUT2D eigenvalue weighted by Gasteiger charge is -2.22. The lowest BCUT2D eigenvalue weighted by atomic mass is 9.89. The molecular formula is C25H20F3N3O2. The lowest BCUT2D eigenvalue weighted by Crippen LogP contribution is -2.21. The number of carbonyl (C=O) groups is 1. The summed E-state index contributed by atoms with van der Waals surface area (Å²) in [6.07, 6.45) is -1.03. The topological polar surface area (TPSA) is 70.8 Å². The van der Waals surface area contributed by atoms with E-state index in [1.54, 1.807) is 0 Å². The lowest BCUT2D eigenvalue weighted by molar-refractivity contribution is -0.137. The molecule has 6 rings (SSSR count). The van der Waals surface area contributed by atoms with Crippen LogP contribution >= 0.6 is 0 Å². The highest BCUT2D eigenvalue weighted by Crippen LogP contribution is 2.58. The number of H-pyrrole nitrogens is 2. The predicted octanol–water partition coefficient (Wildman–Crippen LogP) is 5.49. The van der Waals surface area contributed by atoms with Crippen molar-refractivity contribution in [2.45, 2.75) is 24.4 Å². The van der Waals surface area contributed by atoms with E-state index in [-0.39, 0.29) is 16.5 Å². The number of halogens is 3. The van der Waals surface area contributed by atoms with Crippen molar-refractivity contribution in [2.24, 2.45) is 5.92 Å². The first-order valence-corrected chi connectivity index (χ1v) is 10.8. The minimum absolute atomic E-state index is 0.143. The maximum Gasteiger partial charge on any atom is 0.417 e. The van der Waals surface area contributed by atoms with E-state index in [0.717, 1.165) is 43.2 Å². The first-order chi connectivity index (χ1) is 15.8. The second kappa shape index (κ2) is 7.05. The minimum Gasteiger partial charge on any atom is -0.381 e. The normalized spacial score (nSPS) is 22.3. The molecule has 1 aliphatic heterocycles. The Bertz CT molecular complexity index is 1390. The molecule has 33 heavy (non-hydrogen) atoms. The van der Waals surface area contributed by atoms with E-state index in [1.165, 1.54) is 36.0 Å². The van der Waals surface area contributed by atoms with Crippen molar-refractivity contribution in [3.63, 3.8) is 0 Å². The monoisotopic (exact) mass is 451 g/mol. The number of ketones is 1. The van der Waals surface area contributed by atoms with Gasteiger partial charge in [0.05, 0.1) is 28.9 Å². The number of aromatic amines is 2. The van der Waals surface area contributed by atoms with Crippen LogP contribution < -0.4 is 0 Å². The number of hydrogen-bond donors (Lipinski definition) is 2. The Hall–Kier alpha value is -3.39. The molecule has 2 aliphatic rings. The van der Waals surface area contributed by atoms with Crippen LogP contribution in [0.1, 0.15) is 39.9 Å². The zero-order valence-electron chi connectivity index (χ0n) is 17.5. The van der Waals surface area contributed by atoms with E-state index >= 15 is 0 Å². The van der Waals surface area contributed by atoms with Gasteiger partial charge in [-0.25, -0.2) is 4.98 Å². The van der Waals surface area contributed by atoms with Crippen LogP contribution in [0.15, 0.2) is 54.7 Å². The van der Waals surface area contributed by atoms with Crippen molar-refractivity contribution < 1.29 is 22.7 Å². The predicted molar refractivity (Wildman–Crippen MR) is 116 cm³/mol. The Balaban J connectivity index is 1.31. The number of rotatable bonds is 4. The third-order valence-electron chi connectivity index (χ3n) is 6.98. The average Bonchev–Trinajstić information content (AvgIpc) is 3.14. The van der Waals surface area contributed by atoms with Gasteiger partial charge in [0.1, 0.15) is 0 Å². The molecule has 0 radical (unpaired) electrons. The molecule has 3 heterocycles. The largest absolute Gasteiger partial charge is 0.417 e. The van der Waals surface area contributed by atoms with Gasteiger partial charge in [-0.05, 0) is 48.6 Å². The van der Waals surface area contributed by atoms with Crippen molar-refractivity contribution in [1.82, 2.24) is 15.0 Å². The zero-order chi connectivity index (χ0) is 22.8. The van der Waals surface area contributed by atoms with Crippen LogP contribution in [0.25, 0.3) is 22.6 Å². The third-order valence-corrected chi connectivity index (χ3v) is 6.98. The number of alkyl halides is 3. The van der Waals surface area contributed by atoms with Gasteiger partial charge in [-0.3, -0.25) is 4.79 Å². The molecule has 2 aromatic heterocycles. The number of aromatic nitrogens is 3. The van der Waals surface area contributed by atoms with Gasteiger partial charge in [0.25, 0.3) is 0 Å². The van der Waals surface area contributed by atoms with E-state index in [9.17, 15) is 18.0 Å². The quantitative estimate of drug-likeness (QED) is 0.404. The summed E-state index contributed by atoms with van der Waals surface area (Å²) in [5.74, 6) is 0.409. The molecule has 5 nitrogen and oxygen atoms in total. The SMILES string of the molecule is O=C(c1c[nH]c(-c2nc3ccc([C@@]45CCOC[C@@H]4C5)cc3[nH]2)c1)c1ccccc1C(F)(F)F. The van der Waals surface area contributed by atoms with Gasteiger partial charge in [0.2, 0.25) is 0 Å². The smallest absolute Gasteiger partial charge is 0.381 e. The van der Waals surface area contributed by atoms with Crippen LogP contribution in [0.4, 0.5) is 13.2 Å². The Morgan fingerprint density at radius 1 is 1.15 bits per heavy atom. The van der Waals surface area contributed by atoms with Crippen LogP contribution in [0.5, 0.6) is 0 Å². The Morgan fingerprint density at radius 3 is 2.82 bits per heavy atom. The van der Waals surface area contributed by atoms with E-state index in [4.69, 9.17) is 4.74 Å². The summed E-state index contributed by atoms with van der Waals surface area (Å²) in [7, 11) is 0. The van der Waals surface area contributed by atoms with Gasteiger partial charge >= 0.3 is 6.18 Å². The van der Waals surface area contributed by atoms with Gasteiger partial charge in [-0.2, -0.15) is 13.2 Å². The summed E-state index contributed by atoms with van der Waals surface area (Å²) in [6.45, 7) is 1.59. The van der Waals surface area contributed by atoms with Gasteiger partial charge in [-0.1, -0.05) is 24.3 Å². The van der Waals surface area contributed by atoms with E-state index in [1.807, 2.05) is 6.07 Å². The summed E-state index contributed by atoms with van der Waals surface area (Å²) < 4.78 is 45.6. The number of ether oxygens (including phenoxy) is 1. The molecule has 0 bridgehead atoms. The zero-order valence-corrected chi connectivity index (χ0v) is 17.5. The summed E-state index contributed by atoms with van der Waals surface area (Å²) in [5.41, 5.74) is 2.52. The third kappa shape index (κ3) is 3.28. The van der Waals surface area contributed by atoms with Gasteiger partial charge in [0.15, 0.2) is 11.6 Å². The fraction of sp³-hybridized carbons (Fsp3) is 0.280. The van der Waals surface area contributed by atoms with Gasteiger partial charge in [-0.15, -0.1) is 0 Å². The first kappa shape index (κ1) is 20.2. The molecule has 1 saturated heterocycles. The molecule has 0 unspecified atom stereocenters. The van der Waals surface area contributed by atoms with Crippen molar-refractivity contribution >= 4 is 16.8 Å². The second-order valence-corrected chi connectivity index (χ2v) is 8.87. The van der Waals surface area contributed by atoms with E-state index < -0.39 is 17.5 Å². The first-order valence-electron chi connectivity index (χ1n) is 10.8. The Kier molecular flexibility index (Phi) is 4.32. The number of carbonyl (C=O) groups excluding carboxylic acids is 1. The number of nitrogens with one attached hydrogen (secondary N) is 2. The fourth-order valence-electron chi connectivity index (χ4n) is 5.08. The maximum absolute atomic E-state index is 13.3. The van der Waals surface area contributed by atoms with Gasteiger partial charge in [0, 0.05) is 29.3 Å². The Labute approximate surface area is 187 Å².